The van der Waals surface area contributed by atoms with Crippen molar-refractivity contribution in [2.75, 3.05) is 22.6 Å². The number of carboxylic acids is 1. The van der Waals surface area contributed by atoms with Crippen molar-refractivity contribution < 1.29 is 29.0 Å². The number of anilines is 3. The number of amides is 2. The molecule has 4 N–H and O–H groups in total. The van der Waals surface area contributed by atoms with Crippen LogP contribution in [0.4, 0.5) is 26.8 Å². The van der Waals surface area contributed by atoms with Gasteiger partial charge in [-0.2, -0.15) is 5.26 Å². The quantitative estimate of drug-likeness (QED) is 0.130. The largest absolute Gasteiger partial charge is 0.479 e. The van der Waals surface area contributed by atoms with E-state index in [1.165, 1.54) is 0 Å². The van der Waals surface area contributed by atoms with E-state index < -0.39 is 29.8 Å². The summed E-state index contributed by atoms with van der Waals surface area (Å²) in [6, 6.07) is 18.4. The van der Waals surface area contributed by atoms with Crippen molar-refractivity contribution >= 4 is 46.1 Å². The van der Waals surface area contributed by atoms with E-state index in [1.54, 1.807) is 69.4 Å². The number of rotatable bonds is 11. The van der Waals surface area contributed by atoms with Gasteiger partial charge in [-0.15, -0.1) is 0 Å². The van der Waals surface area contributed by atoms with Crippen molar-refractivity contribution in [3.8, 4) is 6.07 Å². The van der Waals surface area contributed by atoms with Gasteiger partial charge in [-0.05, 0) is 104 Å². The maximum Gasteiger partial charge on any atom is 0.413 e. The number of carbonyl (C=O) groups is 3. The predicted molar refractivity (Wildman–Crippen MR) is 181 cm³/mol. The first kappa shape index (κ1) is 34.2. The number of nitrogens with one attached hydrogen (secondary N) is 3. The number of aliphatic carboxylic acids is 1. The zero-order chi connectivity index (χ0) is 34.1. The molecule has 0 aliphatic heterocycles. The SMILES string of the molecule is CCc1cc(C(Nc2ccc3c(NC(=O)OC(C)(C)C)nccc3c2)C(=O)O)cc(CC)c1CCOC(=O)Nc1cccc(C#N)c1. The minimum Gasteiger partial charge on any atom is -0.479 e. The lowest BCUT2D eigenvalue weighted by Crippen LogP contribution is -2.27. The van der Waals surface area contributed by atoms with Crippen LogP contribution in [-0.2, 0) is 33.5 Å². The molecule has 4 rings (SSSR count). The third kappa shape index (κ3) is 9.20. The number of aryl methyl sites for hydroxylation is 2. The Kier molecular flexibility index (Phi) is 11.0. The topological polar surface area (TPSA) is 163 Å². The Morgan fingerprint density at radius 1 is 0.936 bits per heavy atom. The number of aromatic nitrogens is 1. The lowest BCUT2D eigenvalue weighted by atomic mass is 9.90. The Morgan fingerprint density at radius 3 is 2.30 bits per heavy atom. The molecule has 0 bridgehead atoms. The molecule has 0 aliphatic rings. The molecular weight excluding hydrogens is 598 g/mol. The summed E-state index contributed by atoms with van der Waals surface area (Å²) >= 11 is 0. The van der Waals surface area contributed by atoms with Crippen LogP contribution in [-0.4, -0.2) is 40.5 Å². The Balaban J connectivity index is 1.50. The molecule has 11 heteroatoms. The van der Waals surface area contributed by atoms with E-state index in [2.05, 4.69) is 20.9 Å². The number of benzene rings is 3. The maximum absolute atomic E-state index is 12.6. The average Bonchev–Trinajstić information content (AvgIpc) is 3.02. The highest BCUT2D eigenvalue weighted by Crippen LogP contribution is 2.30. The van der Waals surface area contributed by atoms with Crippen LogP contribution in [0.1, 0.15) is 68.5 Å². The molecule has 1 atom stereocenters. The van der Waals surface area contributed by atoms with E-state index in [0.29, 0.717) is 53.0 Å². The molecule has 0 aliphatic carbocycles. The molecule has 1 unspecified atom stereocenters. The molecule has 2 amide bonds. The summed E-state index contributed by atoms with van der Waals surface area (Å²) in [5, 5.41) is 29.2. The molecule has 1 heterocycles. The molecule has 0 fully saturated rings. The molecular formula is C36H39N5O6. The van der Waals surface area contributed by atoms with Gasteiger partial charge in [0.25, 0.3) is 0 Å². The van der Waals surface area contributed by atoms with Gasteiger partial charge < -0.3 is 19.9 Å². The van der Waals surface area contributed by atoms with E-state index in [4.69, 9.17) is 14.7 Å². The van der Waals surface area contributed by atoms with E-state index in [9.17, 15) is 19.5 Å². The van der Waals surface area contributed by atoms with Gasteiger partial charge in [0.1, 0.15) is 11.4 Å². The molecule has 0 spiro atoms. The van der Waals surface area contributed by atoms with Crippen molar-refractivity contribution in [2.24, 2.45) is 0 Å². The van der Waals surface area contributed by atoms with Crippen LogP contribution in [0.15, 0.2) is 66.9 Å². The average molecular weight is 638 g/mol. The molecule has 0 radical (unpaired) electrons. The van der Waals surface area contributed by atoms with Crippen LogP contribution < -0.4 is 16.0 Å². The summed E-state index contributed by atoms with van der Waals surface area (Å²) in [4.78, 5) is 41.6. The third-order valence-corrected chi connectivity index (χ3v) is 7.32. The van der Waals surface area contributed by atoms with Crippen LogP contribution in [0.3, 0.4) is 0 Å². The highest BCUT2D eigenvalue weighted by Gasteiger charge is 2.23. The zero-order valence-corrected chi connectivity index (χ0v) is 27.1. The summed E-state index contributed by atoms with van der Waals surface area (Å²) in [6.07, 6.45) is 2.10. The first-order valence-electron chi connectivity index (χ1n) is 15.4. The van der Waals surface area contributed by atoms with Gasteiger partial charge in [-0.3, -0.25) is 10.6 Å². The van der Waals surface area contributed by atoms with Crippen molar-refractivity contribution in [1.82, 2.24) is 4.98 Å². The second kappa shape index (κ2) is 15.1. The molecule has 244 valence electrons. The van der Waals surface area contributed by atoms with Crippen molar-refractivity contribution in [3.63, 3.8) is 0 Å². The zero-order valence-electron chi connectivity index (χ0n) is 27.1. The predicted octanol–water partition coefficient (Wildman–Crippen LogP) is 7.61. The Hall–Kier alpha value is -5.63. The van der Waals surface area contributed by atoms with Gasteiger partial charge in [0.15, 0.2) is 6.04 Å². The fourth-order valence-electron chi connectivity index (χ4n) is 5.23. The minimum atomic E-state index is -1.04. The fraction of sp³-hybridized carbons (Fsp3) is 0.306. The Labute approximate surface area is 273 Å². The van der Waals surface area contributed by atoms with Gasteiger partial charge in [0.2, 0.25) is 0 Å². The number of carboxylic acid groups (broad SMARTS) is 1. The summed E-state index contributed by atoms with van der Waals surface area (Å²) in [7, 11) is 0. The molecule has 11 nitrogen and oxygen atoms in total. The van der Waals surface area contributed by atoms with Crippen LogP contribution in [0.5, 0.6) is 0 Å². The second-order valence-corrected chi connectivity index (χ2v) is 11.9. The molecule has 3 aromatic carbocycles. The second-order valence-electron chi connectivity index (χ2n) is 11.9. The number of pyridine rings is 1. The summed E-state index contributed by atoms with van der Waals surface area (Å²) in [5.41, 5.74) is 4.38. The van der Waals surface area contributed by atoms with E-state index in [1.807, 2.05) is 38.1 Å². The number of ether oxygens (including phenoxy) is 2. The molecule has 4 aromatic rings. The molecule has 47 heavy (non-hydrogen) atoms. The maximum atomic E-state index is 12.6. The van der Waals surface area contributed by atoms with E-state index in [0.717, 1.165) is 22.1 Å². The first-order valence-corrected chi connectivity index (χ1v) is 15.4. The normalized spacial score (nSPS) is 11.7. The lowest BCUT2D eigenvalue weighted by molar-refractivity contribution is -0.138. The van der Waals surface area contributed by atoms with Gasteiger partial charge >= 0.3 is 18.2 Å². The van der Waals surface area contributed by atoms with Gasteiger partial charge in [0, 0.05) is 29.4 Å². The van der Waals surface area contributed by atoms with E-state index in [-0.39, 0.29) is 6.61 Å². The van der Waals surface area contributed by atoms with E-state index >= 15 is 0 Å². The number of hydrogen-bond acceptors (Lipinski definition) is 8. The van der Waals surface area contributed by atoms with Gasteiger partial charge in [-0.25, -0.2) is 19.4 Å². The van der Waals surface area contributed by atoms with Crippen LogP contribution in [0.2, 0.25) is 0 Å². The lowest BCUT2D eigenvalue weighted by Gasteiger charge is -2.21. The standard InChI is InChI=1S/C36H39N5O6/c1-6-23-18-26(19-24(7-2)29(23)14-16-46-34(44)40-27-10-8-9-22(17-27)21-37)31(33(42)43)39-28-11-12-30-25(20-28)13-15-38-32(30)41-35(45)47-36(3,4)5/h8-13,15,17-20,31,39H,6-7,14,16H2,1-5H3,(H,40,44)(H,42,43)(H,38,41,45). The highest BCUT2D eigenvalue weighted by molar-refractivity contribution is 5.99. The summed E-state index contributed by atoms with van der Waals surface area (Å²) in [6.45, 7) is 9.45. The minimum absolute atomic E-state index is 0.125. The van der Waals surface area contributed by atoms with Crippen LogP contribution in [0.25, 0.3) is 10.8 Å². The van der Waals surface area contributed by atoms with Crippen LogP contribution >= 0.6 is 0 Å². The summed E-state index contributed by atoms with van der Waals surface area (Å²) in [5.74, 6) is -0.701. The van der Waals surface area contributed by atoms with Crippen molar-refractivity contribution in [1.29, 1.82) is 5.26 Å². The Bertz CT molecular complexity index is 1800. The van der Waals surface area contributed by atoms with Crippen LogP contribution in [0, 0.1) is 11.3 Å². The number of fused-ring (bicyclic) bond motifs is 1. The van der Waals surface area contributed by atoms with Gasteiger partial charge in [-0.1, -0.05) is 32.0 Å². The van der Waals surface area contributed by atoms with Gasteiger partial charge in [0.05, 0.1) is 18.2 Å². The van der Waals surface area contributed by atoms with Crippen molar-refractivity contribution in [3.05, 3.63) is 94.7 Å². The van der Waals surface area contributed by atoms with Crippen molar-refractivity contribution in [2.45, 2.75) is 65.5 Å². The number of nitrogens with zero attached hydrogens (tertiary/aromatic N) is 2. The fourth-order valence-corrected chi connectivity index (χ4v) is 5.23. The number of hydrogen-bond donors (Lipinski definition) is 4. The molecule has 0 saturated heterocycles. The molecule has 1 aromatic heterocycles. The monoisotopic (exact) mass is 637 g/mol. The Morgan fingerprint density at radius 2 is 1.66 bits per heavy atom. The highest BCUT2D eigenvalue weighted by atomic mass is 16.6. The number of carbonyl (C=O) groups excluding carboxylic acids is 2. The first-order chi connectivity index (χ1) is 22.4. The number of nitriles is 1. The summed E-state index contributed by atoms with van der Waals surface area (Å²) < 4.78 is 10.8. The third-order valence-electron chi connectivity index (χ3n) is 7.32. The molecule has 0 saturated carbocycles. The smallest absolute Gasteiger partial charge is 0.413 e.